The van der Waals surface area contributed by atoms with Crippen molar-refractivity contribution in [2.75, 3.05) is 13.6 Å². The number of likely N-dealkylation sites (N-methyl/N-ethyl adjacent to an activating group) is 1. The van der Waals surface area contributed by atoms with Gasteiger partial charge in [0.15, 0.2) is 23.7 Å². The van der Waals surface area contributed by atoms with Gasteiger partial charge in [-0.3, -0.25) is 9.59 Å². The van der Waals surface area contributed by atoms with Crippen LogP contribution in [0.15, 0.2) is 54.3 Å². The molecule has 0 aromatic heterocycles. The summed E-state index contributed by atoms with van der Waals surface area (Å²) in [7, 11) is 1.94. The molecule has 4 aliphatic rings. The largest absolute Gasteiger partial charge is 0.504 e. The van der Waals surface area contributed by atoms with Crippen molar-refractivity contribution >= 4 is 29.8 Å². The van der Waals surface area contributed by atoms with E-state index in [1.165, 1.54) is 18.2 Å². The van der Waals surface area contributed by atoms with E-state index in [4.69, 9.17) is 23.7 Å². The van der Waals surface area contributed by atoms with Crippen molar-refractivity contribution in [3.05, 3.63) is 71.0 Å². The van der Waals surface area contributed by atoms with E-state index >= 15 is 0 Å². The number of aliphatic hydroxyl groups is 1. The lowest BCUT2D eigenvalue weighted by atomic mass is 9.50. The summed E-state index contributed by atoms with van der Waals surface area (Å²) < 4.78 is 27.4. The van der Waals surface area contributed by atoms with Gasteiger partial charge in [0.05, 0.1) is 17.4 Å². The fraction of sp³-hybridized carbons (Fsp3) is 0.441. The molecule has 254 valence electrons. The zero-order valence-corrected chi connectivity index (χ0v) is 26.4. The smallest absolute Gasteiger partial charge is 0.353 e. The van der Waals surface area contributed by atoms with Gasteiger partial charge in [-0.15, -0.1) is 0 Å². The molecule has 0 radical (unpaired) electrons. The number of carboxylic acid groups (broad SMARTS) is 1. The summed E-state index contributed by atoms with van der Waals surface area (Å²) in [5.74, 6) is -5.66. The van der Waals surface area contributed by atoms with Gasteiger partial charge in [0.2, 0.25) is 12.2 Å². The average Bonchev–Trinajstić information content (AvgIpc) is 3.40. The maximum atomic E-state index is 13.4. The van der Waals surface area contributed by atoms with E-state index in [9.17, 15) is 39.3 Å². The highest BCUT2D eigenvalue weighted by Gasteiger charge is 2.72. The zero-order valence-electron chi connectivity index (χ0n) is 26.4. The van der Waals surface area contributed by atoms with Crippen molar-refractivity contribution in [1.29, 1.82) is 0 Å². The molecular formula is C34H35NO13. The number of likely N-dealkylation sites (tertiary alicyclic amines) is 1. The Bertz CT molecular complexity index is 1710. The van der Waals surface area contributed by atoms with Gasteiger partial charge in [0.25, 0.3) is 0 Å². The quantitative estimate of drug-likeness (QED) is 0.246. The third-order valence-corrected chi connectivity index (χ3v) is 9.70. The summed E-state index contributed by atoms with van der Waals surface area (Å²) >= 11 is 0. The number of aliphatic carboxylic acids is 1. The van der Waals surface area contributed by atoms with Crippen molar-refractivity contribution < 1.29 is 63.0 Å². The monoisotopic (exact) mass is 665 g/mol. The third kappa shape index (κ3) is 5.34. The summed E-state index contributed by atoms with van der Waals surface area (Å²) in [5.41, 5.74) is -0.572. The Kier molecular flexibility index (Phi) is 8.42. The highest BCUT2D eigenvalue weighted by Crippen LogP contribution is 2.65. The molecule has 6 rings (SSSR count). The Morgan fingerprint density at radius 2 is 1.77 bits per heavy atom. The molecule has 3 N–H and O–H groups in total. The van der Waals surface area contributed by atoms with Crippen LogP contribution in [0.5, 0.6) is 11.5 Å². The second kappa shape index (κ2) is 12.3. The topological polar surface area (TPSA) is 195 Å². The van der Waals surface area contributed by atoms with E-state index in [1.54, 1.807) is 24.3 Å². The summed E-state index contributed by atoms with van der Waals surface area (Å²) in [6, 6.07) is 10.7. The number of phenolic OH excluding ortho intramolecular Hbond substituents is 1. The number of ether oxygens (including phenoxy) is 5. The summed E-state index contributed by atoms with van der Waals surface area (Å²) in [4.78, 5) is 65.0. The molecule has 14 nitrogen and oxygen atoms in total. The molecule has 2 bridgehead atoms. The number of carbonyl (C=O) groups excluding carboxylic acids is 4. The predicted molar refractivity (Wildman–Crippen MR) is 161 cm³/mol. The van der Waals surface area contributed by atoms with Crippen LogP contribution in [0.1, 0.15) is 55.9 Å². The lowest BCUT2D eigenvalue weighted by Crippen LogP contribution is -2.74. The van der Waals surface area contributed by atoms with E-state index in [-0.39, 0.29) is 35.3 Å². The first-order valence-corrected chi connectivity index (χ1v) is 15.5. The molecule has 2 aliphatic heterocycles. The van der Waals surface area contributed by atoms with E-state index in [0.717, 1.165) is 19.4 Å². The van der Waals surface area contributed by atoms with Crippen LogP contribution < -0.4 is 4.74 Å². The Labute approximate surface area is 274 Å². The summed E-state index contributed by atoms with van der Waals surface area (Å²) in [6.07, 6.45) is -4.31. The molecule has 0 unspecified atom stereocenters. The number of rotatable bonds is 10. The highest BCUT2D eigenvalue weighted by atomic mass is 16.6. The number of phenols is 1. The second-order valence-corrected chi connectivity index (χ2v) is 12.5. The Morgan fingerprint density at radius 3 is 2.46 bits per heavy atom. The lowest BCUT2D eigenvalue weighted by Gasteiger charge is -2.61. The first-order chi connectivity index (χ1) is 22.8. The average molecular weight is 666 g/mol. The molecule has 2 aliphatic carbocycles. The predicted octanol–water partition coefficient (Wildman–Crippen LogP) is 1.84. The van der Waals surface area contributed by atoms with Gasteiger partial charge in [0, 0.05) is 30.5 Å². The van der Waals surface area contributed by atoms with Crippen molar-refractivity contribution in [2.24, 2.45) is 0 Å². The molecule has 14 heteroatoms. The Hall–Kier alpha value is -4.95. The van der Waals surface area contributed by atoms with Gasteiger partial charge < -0.3 is 43.9 Å². The van der Waals surface area contributed by atoms with Crippen molar-refractivity contribution in [2.45, 2.75) is 81.0 Å². The number of hydrogen-bond donors (Lipinski definition) is 3. The first-order valence-electron chi connectivity index (χ1n) is 15.5. The minimum Gasteiger partial charge on any atom is -0.504 e. The number of carbonyl (C=O) groups is 5. The van der Waals surface area contributed by atoms with Gasteiger partial charge >= 0.3 is 29.8 Å². The zero-order chi connectivity index (χ0) is 34.5. The molecule has 1 saturated heterocycles. The van der Waals surface area contributed by atoms with Crippen LogP contribution >= 0.6 is 0 Å². The maximum absolute atomic E-state index is 13.4. The van der Waals surface area contributed by atoms with Crippen LogP contribution in [-0.4, -0.2) is 93.6 Å². The van der Waals surface area contributed by atoms with E-state index in [1.807, 2.05) is 13.1 Å². The normalized spacial score (nSPS) is 26.8. The van der Waals surface area contributed by atoms with Crippen LogP contribution in [-0.2, 0) is 54.8 Å². The maximum Gasteiger partial charge on any atom is 0.353 e. The number of piperidine rings is 1. The molecule has 48 heavy (non-hydrogen) atoms. The van der Waals surface area contributed by atoms with E-state index in [0.29, 0.717) is 24.9 Å². The van der Waals surface area contributed by atoms with Gasteiger partial charge in [-0.1, -0.05) is 36.4 Å². The van der Waals surface area contributed by atoms with Crippen LogP contribution in [0.25, 0.3) is 0 Å². The summed E-state index contributed by atoms with van der Waals surface area (Å²) in [5, 5.41) is 32.2. The molecule has 2 heterocycles. The molecule has 7 atom stereocenters. The number of benzene rings is 2. The standard InChI is InChI=1S/C34H35NO13/c1-17(30(39)40)44-32(42)27(19-7-5-4-6-8-19)48-31(41)23(45-18(2)36)16-25(38)46-22-11-12-34(43)24-15-20-9-10-21(37)28-26(20)33(34,29(22)47-28)13-14-35(24)3/h4-11,17,23-24,27,29,37,43H,12-16H2,1-3H3,(H,39,40)/t17-,23-,24-,27-,29-,33-,34+/m0/s1. The first kappa shape index (κ1) is 33.0. The number of nitrogens with zero attached hydrogens (tertiary/aromatic N) is 1. The fourth-order valence-corrected chi connectivity index (χ4v) is 7.49. The molecule has 0 saturated carbocycles. The van der Waals surface area contributed by atoms with Crippen molar-refractivity contribution in [3.8, 4) is 11.5 Å². The summed E-state index contributed by atoms with van der Waals surface area (Å²) in [6.45, 7) is 2.75. The lowest BCUT2D eigenvalue weighted by molar-refractivity contribution is -0.184. The minimum absolute atomic E-state index is 0.0692. The van der Waals surface area contributed by atoms with Gasteiger partial charge in [-0.05, 0) is 51.1 Å². The van der Waals surface area contributed by atoms with Crippen LogP contribution in [0, 0.1) is 0 Å². The number of hydrogen-bond acceptors (Lipinski definition) is 13. The molecule has 2 aromatic carbocycles. The van der Waals surface area contributed by atoms with E-state index in [2.05, 4.69) is 4.90 Å². The third-order valence-electron chi connectivity index (χ3n) is 9.70. The molecule has 2 aromatic rings. The van der Waals surface area contributed by atoms with Crippen LogP contribution in [0.3, 0.4) is 0 Å². The van der Waals surface area contributed by atoms with Crippen LogP contribution in [0.2, 0.25) is 0 Å². The van der Waals surface area contributed by atoms with Gasteiger partial charge in [0.1, 0.15) is 5.76 Å². The van der Waals surface area contributed by atoms with Crippen molar-refractivity contribution in [1.82, 2.24) is 4.90 Å². The fourth-order valence-electron chi connectivity index (χ4n) is 7.49. The molecular weight excluding hydrogens is 630 g/mol. The number of aromatic hydroxyl groups is 1. The Morgan fingerprint density at radius 1 is 1.04 bits per heavy atom. The van der Waals surface area contributed by atoms with Gasteiger partial charge in [-0.2, -0.15) is 0 Å². The van der Waals surface area contributed by atoms with E-state index < -0.39 is 71.7 Å². The second-order valence-electron chi connectivity index (χ2n) is 12.5. The SMILES string of the molecule is CC(=O)O[C@@H](CC(=O)OC1=CC[C@@]2(O)[C@@H]3Cc4ccc(O)c5c4[C@@]2(CCN3C)[C@H]1O5)C(=O)O[C@H](C(=O)O[C@@H](C)C(=O)O)c1ccccc1. The van der Waals surface area contributed by atoms with Crippen molar-refractivity contribution in [3.63, 3.8) is 0 Å². The molecule has 1 spiro atoms. The highest BCUT2D eigenvalue weighted by molar-refractivity contribution is 5.88. The van der Waals surface area contributed by atoms with Crippen LogP contribution in [0.4, 0.5) is 0 Å². The molecule has 0 amide bonds. The number of esters is 4. The molecule has 1 fully saturated rings. The van der Waals surface area contributed by atoms with Gasteiger partial charge in [-0.25, -0.2) is 14.4 Å². The number of carboxylic acids is 1. The minimum atomic E-state index is -1.86. The Balaban J connectivity index is 1.24.